The van der Waals surface area contributed by atoms with Crippen LogP contribution in [-0.2, 0) is 11.2 Å². The molecule has 6 nitrogen and oxygen atoms in total. The topological polar surface area (TPSA) is 90.1 Å². The lowest BCUT2D eigenvalue weighted by Gasteiger charge is -2.28. The Kier molecular flexibility index (Phi) is 5.89. The van der Waals surface area contributed by atoms with Gasteiger partial charge < -0.3 is 15.8 Å². The summed E-state index contributed by atoms with van der Waals surface area (Å²) in [6, 6.07) is 0.365. The van der Waals surface area contributed by atoms with E-state index < -0.39 is 5.91 Å². The summed E-state index contributed by atoms with van der Waals surface area (Å²) in [7, 11) is 1.78. The van der Waals surface area contributed by atoms with Gasteiger partial charge >= 0.3 is 0 Å². The minimum absolute atomic E-state index is 0.365. The van der Waals surface area contributed by atoms with Crippen molar-refractivity contribution in [2.24, 2.45) is 17.6 Å². The fraction of sp³-hybridized carbons (Fsp3) is 0.737. The Bertz CT molecular complexity index is 595. The number of primary amides is 1. The summed E-state index contributed by atoms with van der Waals surface area (Å²) >= 11 is 0. The van der Waals surface area contributed by atoms with Crippen LogP contribution in [0.5, 0.6) is 0 Å². The fourth-order valence-electron chi connectivity index (χ4n) is 3.93. The van der Waals surface area contributed by atoms with Gasteiger partial charge in [0.2, 0.25) is 5.95 Å². The van der Waals surface area contributed by atoms with Gasteiger partial charge in [-0.3, -0.25) is 4.79 Å². The molecule has 0 unspecified atom stereocenters. The summed E-state index contributed by atoms with van der Waals surface area (Å²) in [4.78, 5) is 20.8. The number of anilines is 1. The van der Waals surface area contributed by atoms with Crippen LogP contribution in [0.3, 0.4) is 0 Å². The van der Waals surface area contributed by atoms with Gasteiger partial charge in [-0.15, -0.1) is 0 Å². The van der Waals surface area contributed by atoms with E-state index in [4.69, 9.17) is 10.5 Å². The molecule has 0 aromatic carbocycles. The number of aromatic nitrogens is 2. The second-order valence-electron chi connectivity index (χ2n) is 7.48. The third-order valence-corrected chi connectivity index (χ3v) is 5.74. The highest BCUT2D eigenvalue weighted by atomic mass is 16.5. The first-order chi connectivity index (χ1) is 12.1. The van der Waals surface area contributed by atoms with E-state index in [2.05, 4.69) is 22.2 Å². The number of hydrogen-bond acceptors (Lipinski definition) is 5. The molecule has 1 aromatic rings. The van der Waals surface area contributed by atoms with Crippen molar-refractivity contribution in [3.63, 3.8) is 0 Å². The van der Waals surface area contributed by atoms with Gasteiger partial charge in [-0.05, 0) is 56.8 Å². The van der Waals surface area contributed by atoms with E-state index >= 15 is 0 Å². The minimum atomic E-state index is -0.437. The molecule has 25 heavy (non-hydrogen) atoms. The van der Waals surface area contributed by atoms with E-state index in [0.29, 0.717) is 29.6 Å². The van der Waals surface area contributed by atoms with Crippen LogP contribution in [0.15, 0.2) is 6.20 Å². The highest BCUT2D eigenvalue weighted by Crippen LogP contribution is 2.40. The molecule has 0 bridgehead atoms. The average Bonchev–Trinajstić information content (AvgIpc) is 3.45. The smallest absolute Gasteiger partial charge is 0.252 e. The molecule has 0 radical (unpaired) electrons. The molecule has 3 rings (SSSR count). The summed E-state index contributed by atoms with van der Waals surface area (Å²) in [5.74, 6) is 1.54. The van der Waals surface area contributed by atoms with Crippen molar-refractivity contribution in [1.82, 2.24) is 9.97 Å². The lowest BCUT2D eigenvalue weighted by atomic mass is 9.93. The molecule has 1 heterocycles. The van der Waals surface area contributed by atoms with Gasteiger partial charge in [0, 0.05) is 19.3 Å². The zero-order chi connectivity index (χ0) is 17.8. The number of nitrogens with two attached hydrogens (primary N) is 1. The van der Waals surface area contributed by atoms with E-state index in [1.54, 1.807) is 13.3 Å². The standard InChI is InChI=1S/C19H30N4O2/c1-3-12(13-4-5-13)10-17-16(18(20)24)11-21-19(23-17)22-14-6-8-15(25-2)9-7-14/h11-15H,3-10H2,1-2H3,(H2,20,24)(H,21,22,23)/t12-,14?,15?/m0/s1. The van der Waals surface area contributed by atoms with Gasteiger partial charge in [-0.1, -0.05) is 13.3 Å². The van der Waals surface area contributed by atoms with Gasteiger partial charge in [0.1, 0.15) is 0 Å². The summed E-state index contributed by atoms with van der Waals surface area (Å²) in [5, 5.41) is 3.44. The Morgan fingerprint density at radius 3 is 2.60 bits per heavy atom. The van der Waals surface area contributed by atoms with Gasteiger partial charge in [0.05, 0.1) is 17.4 Å². The average molecular weight is 346 g/mol. The Morgan fingerprint density at radius 2 is 2.04 bits per heavy atom. The summed E-state index contributed by atoms with van der Waals surface area (Å²) in [6.07, 6.45) is 10.7. The molecule has 3 N–H and O–H groups in total. The molecule has 0 saturated heterocycles. The van der Waals surface area contributed by atoms with Crippen LogP contribution in [0.25, 0.3) is 0 Å². The Balaban J connectivity index is 1.70. The van der Waals surface area contributed by atoms with Crippen molar-refractivity contribution in [2.75, 3.05) is 12.4 Å². The fourth-order valence-corrected chi connectivity index (χ4v) is 3.93. The van der Waals surface area contributed by atoms with Crippen LogP contribution in [0.4, 0.5) is 5.95 Å². The zero-order valence-electron chi connectivity index (χ0n) is 15.3. The lowest BCUT2D eigenvalue weighted by molar-refractivity contribution is 0.0681. The quantitative estimate of drug-likeness (QED) is 0.755. The predicted octanol–water partition coefficient (Wildman–Crippen LogP) is 2.92. The number of ether oxygens (including phenoxy) is 1. The first kappa shape index (κ1) is 18.1. The highest BCUT2D eigenvalue weighted by molar-refractivity contribution is 5.93. The minimum Gasteiger partial charge on any atom is -0.381 e. The number of nitrogens with zero attached hydrogens (tertiary/aromatic N) is 2. The highest BCUT2D eigenvalue weighted by Gasteiger charge is 2.31. The third kappa shape index (κ3) is 4.69. The molecular weight excluding hydrogens is 316 g/mol. The third-order valence-electron chi connectivity index (χ3n) is 5.74. The molecule has 138 valence electrons. The number of hydrogen-bond donors (Lipinski definition) is 2. The SMILES string of the molecule is CC[C@@H](Cc1nc(NC2CCC(OC)CC2)ncc1C(N)=O)C1CC1. The monoisotopic (exact) mass is 346 g/mol. The van der Waals surface area contributed by atoms with Gasteiger partial charge in [0.25, 0.3) is 5.91 Å². The molecule has 1 aromatic heterocycles. The van der Waals surface area contributed by atoms with E-state index in [1.165, 1.54) is 12.8 Å². The molecule has 1 atom stereocenters. The Morgan fingerprint density at radius 1 is 1.32 bits per heavy atom. The van der Waals surface area contributed by atoms with Crippen molar-refractivity contribution in [2.45, 2.75) is 70.4 Å². The lowest BCUT2D eigenvalue weighted by Crippen LogP contribution is -2.30. The van der Waals surface area contributed by atoms with Gasteiger partial charge in [0.15, 0.2) is 0 Å². The number of amides is 1. The number of rotatable bonds is 8. The molecule has 2 fully saturated rings. The summed E-state index contributed by atoms with van der Waals surface area (Å²) < 4.78 is 5.42. The molecule has 6 heteroatoms. The van der Waals surface area contributed by atoms with Crippen LogP contribution < -0.4 is 11.1 Å². The van der Waals surface area contributed by atoms with Crippen molar-refractivity contribution in [3.05, 3.63) is 17.5 Å². The normalized spacial score (nSPS) is 24.7. The van der Waals surface area contributed by atoms with E-state index in [0.717, 1.165) is 50.1 Å². The molecule has 2 aliphatic carbocycles. The van der Waals surface area contributed by atoms with Crippen LogP contribution in [0.1, 0.15) is 67.9 Å². The largest absolute Gasteiger partial charge is 0.381 e. The predicted molar refractivity (Wildman–Crippen MR) is 97.4 cm³/mol. The van der Waals surface area contributed by atoms with Crippen molar-refractivity contribution in [1.29, 1.82) is 0 Å². The van der Waals surface area contributed by atoms with Gasteiger partial charge in [-0.2, -0.15) is 0 Å². The second-order valence-corrected chi connectivity index (χ2v) is 7.48. The molecule has 1 amide bonds. The van der Waals surface area contributed by atoms with Crippen molar-refractivity contribution in [3.8, 4) is 0 Å². The first-order valence-electron chi connectivity index (χ1n) is 9.55. The summed E-state index contributed by atoms with van der Waals surface area (Å²) in [6.45, 7) is 2.21. The maximum atomic E-state index is 11.8. The summed E-state index contributed by atoms with van der Waals surface area (Å²) in [5.41, 5.74) is 6.80. The second kappa shape index (κ2) is 8.13. The van der Waals surface area contributed by atoms with Gasteiger partial charge in [-0.25, -0.2) is 9.97 Å². The first-order valence-corrected chi connectivity index (χ1v) is 9.55. The number of carbonyl (C=O) groups is 1. The van der Waals surface area contributed by atoms with E-state index in [1.807, 2.05) is 0 Å². The Labute approximate surface area is 149 Å². The Hall–Kier alpha value is -1.69. The number of nitrogens with one attached hydrogen (secondary N) is 1. The van der Waals surface area contributed by atoms with Crippen LogP contribution in [0, 0.1) is 11.8 Å². The van der Waals surface area contributed by atoms with Crippen molar-refractivity contribution >= 4 is 11.9 Å². The number of methoxy groups -OCH3 is 1. The molecular formula is C19H30N4O2. The molecule has 0 aliphatic heterocycles. The number of carbonyl (C=O) groups excluding carboxylic acids is 1. The molecule has 0 spiro atoms. The van der Waals surface area contributed by atoms with Crippen LogP contribution in [0.2, 0.25) is 0 Å². The zero-order valence-corrected chi connectivity index (χ0v) is 15.3. The van der Waals surface area contributed by atoms with Crippen molar-refractivity contribution < 1.29 is 9.53 Å². The van der Waals surface area contributed by atoms with E-state index in [-0.39, 0.29) is 0 Å². The van der Waals surface area contributed by atoms with Crippen LogP contribution >= 0.6 is 0 Å². The maximum Gasteiger partial charge on any atom is 0.252 e. The van der Waals surface area contributed by atoms with E-state index in [9.17, 15) is 4.79 Å². The molecule has 2 saturated carbocycles. The maximum absolute atomic E-state index is 11.8. The molecule has 2 aliphatic rings. The van der Waals surface area contributed by atoms with Crippen LogP contribution in [-0.4, -0.2) is 35.1 Å².